The molecule has 1 aliphatic rings. The molecule has 0 aromatic carbocycles. The molecule has 0 spiro atoms. The lowest BCUT2D eigenvalue weighted by molar-refractivity contribution is -0.158. The maximum Gasteiger partial charge on any atom is 0.309 e. The minimum absolute atomic E-state index is 0.0157. The first kappa shape index (κ1) is 11.5. The molecule has 14 heavy (non-hydrogen) atoms. The molecule has 1 aliphatic carbocycles. The van der Waals surface area contributed by atoms with Crippen molar-refractivity contribution in [3.8, 4) is 0 Å². The van der Waals surface area contributed by atoms with Crippen molar-refractivity contribution < 1.29 is 15.0 Å². The molecule has 3 atom stereocenters. The summed E-state index contributed by atoms with van der Waals surface area (Å²) in [4.78, 5) is 11.1. The van der Waals surface area contributed by atoms with Crippen molar-refractivity contribution in [3.63, 3.8) is 0 Å². The van der Waals surface area contributed by atoms with E-state index in [1.165, 1.54) is 0 Å². The highest BCUT2D eigenvalue weighted by Gasteiger charge is 2.49. The summed E-state index contributed by atoms with van der Waals surface area (Å²) < 4.78 is 0. The van der Waals surface area contributed by atoms with E-state index in [9.17, 15) is 9.90 Å². The first-order valence-electron chi connectivity index (χ1n) is 5.34. The van der Waals surface area contributed by atoms with Crippen molar-refractivity contribution in [2.75, 3.05) is 0 Å². The van der Waals surface area contributed by atoms with Crippen LogP contribution in [0.1, 0.15) is 40.0 Å². The number of carboxylic acid groups (broad SMARTS) is 1. The molecule has 0 aromatic heterocycles. The van der Waals surface area contributed by atoms with Gasteiger partial charge in [0.2, 0.25) is 0 Å². The molecule has 0 bridgehead atoms. The third-order valence-electron chi connectivity index (χ3n) is 3.54. The molecule has 0 radical (unpaired) electrons. The van der Waals surface area contributed by atoms with Gasteiger partial charge >= 0.3 is 5.97 Å². The Labute approximate surface area is 85.1 Å². The molecule has 0 saturated heterocycles. The molecule has 0 amide bonds. The van der Waals surface area contributed by atoms with Crippen molar-refractivity contribution in [2.24, 2.45) is 17.8 Å². The second-order valence-electron chi connectivity index (χ2n) is 4.84. The van der Waals surface area contributed by atoms with E-state index in [1.807, 2.05) is 20.8 Å². The summed E-state index contributed by atoms with van der Waals surface area (Å²) in [7, 11) is 0. The van der Waals surface area contributed by atoms with E-state index >= 15 is 0 Å². The number of aliphatic hydroxyl groups is 1. The van der Waals surface area contributed by atoms with Crippen LogP contribution >= 0.6 is 0 Å². The lowest BCUT2D eigenvalue weighted by Gasteiger charge is -2.36. The Kier molecular flexibility index (Phi) is 3.20. The summed E-state index contributed by atoms with van der Waals surface area (Å²) in [5.74, 6) is -1.40. The van der Waals surface area contributed by atoms with Gasteiger partial charge in [-0.05, 0) is 24.7 Å². The van der Waals surface area contributed by atoms with E-state index in [2.05, 4.69) is 0 Å². The van der Waals surface area contributed by atoms with Crippen LogP contribution in [0.15, 0.2) is 0 Å². The van der Waals surface area contributed by atoms with Crippen LogP contribution in [-0.2, 0) is 4.79 Å². The van der Waals surface area contributed by atoms with E-state index in [0.717, 1.165) is 12.8 Å². The van der Waals surface area contributed by atoms with Crippen LogP contribution in [0, 0.1) is 17.8 Å². The molecule has 3 unspecified atom stereocenters. The Morgan fingerprint density at radius 1 is 1.50 bits per heavy atom. The number of hydrogen-bond acceptors (Lipinski definition) is 2. The highest BCUT2D eigenvalue weighted by molar-refractivity contribution is 5.72. The maximum atomic E-state index is 11.1. The highest BCUT2D eigenvalue weighted by atomic mass is 16.4. The Bertz CT molecular complexity index is 225. The Morgan fingerprint density at radius 3 is 2.36 bits per heavy atom. The van der Waals surface area contributed by atoms with Gasteiger partial charge in [-0.1, -0.05) is 27.2 Å². The standard InChI is InChI=1S/C11H20O3/c1-7(2)9(10(12)13)11(14)6-4-5-8(11)3/h7-9,14H,4-6H2,1-3H3,(H,12,13). The van der Waals surface area contributed by atoms with Crippen LogP contribution in [0.3, 0.4) is 0 Å². The van der Waals surface area contributed by atoms with Crippen LogP contribution in [0.5, 0.6) is 0 Å². The average molecular weight is 200 g/mol. The van der Waals surface area contributed by atoms with Gasteiger partial charge < -0.3 is 10.2 Å². The van der Waals surface area contributed by atoms with E-state index in [-0.39, 0.29) is 11.8 Å². The number of carboxylic acids is 1. The lowest BCUT2D eigenvalue weighted by atomic mass is 9.74. The van der Waals surface area contributed by atoms with Gasteiger partial charge in [0.1, 0.15) is 0 Å². The summed E-state index contributed by atoms with van der Waals surface area (Å²) in [5, 5.41) is 19.5. The van der Waals surface area contributed by atoms with Crippen LogP contribution in [0.4, 0.5) is 0 Å². The van der Waals surface area contributed by atoms with Crippen LogP contribution in [0.2, 0.25) is 0 Å². The van der Waals surface area contributed by atoms with Gasteiger partial charge in [0.25, 0.3) is 0 Å². The number of rotatable bonds is 3. The summed E-state index contributed by atoms with van der Waals surface area (Å²) in [6.45, 7) is 5.68. The second-order valence-corrected chi connectivity index (χ2v) is 4.84. The largest absolute Gasteiger partial charge is 0.481 e. The Balaban J connectivity index is 2.91. The van der Waals surface area contributed by atoms with Gasteiger partial charge in [-0.3, -0.25) is 4.79 Å². The fourth-order valence-electron chi connectivity index (χ4n) is 2.73. The van der Waals surface area contributed by atoms with Crippen LogP contribution < -0.4 is 0 Å². The Hall–Kier alpha value is -0.570. The van der Waals surface area contributed by atoms with Crippen molar-refractivity contribution >= 4 is 5.97 Å². The van der Waals surface area contributed by atoms with Crippen molar-refractivity contribution in [1.82, 2.24) is 0 Å². The minimum Gasteiger partial charge on any atom is -0.481 e. The monoisotopic (exact) mass is 200 g/mol. The second kappa shape index (κ2) is 3.89. The highest BCUT2D eigenvalue weighted by Crippen LogP contribution is 2.43. The van der Waals surface area contributed by atoms with Crippen LogP contribution in [0.25, 0.3) is 0 Å². The molecular weight excluding hydrogens is 180 g/mol. The topological polar surface area (TPSA) is 57.5 Å². The van der Waals surface area contributed by atoms with Crippen LogP contribution in [-0.4, -0.2) is 21.8 Å². The summed E-state index contributed by atoms with van der Waals surface area (Å²) in [6, 6.07) is 0. The normalized spacial score (nSPS) is 34.8. The lowest BCUT2D eigenvalue weighted by Crippen LogP contribution is -2.47. The molecule has 0 aliphatic heterocycles. The van der Waals surface area contributed by atoms with Crippen molar-refractivity contribution in [1.29, 1.82) is 0 Å². The maximum absolute atomic E-state index is 11.1. The molecule has 0 heterocycles. The molecule has 2 N–H and O–H groups in total. The molecule has 0 aromatic rings. The van der Waals surface area contributed by atoms with Gasteiger partial charge in [0.15, 0.2) is 0 Å². The zero-order chi connectivity index (χ0) is 10.9. The van der Waals surface area contributed by atoms with E-state index < -0.39 is 17.5 Å². The third kappa shape index (κ3) is 1.78. The van der Waals surface area contributed by atoms with E-state index in [0.29, 0.717) is 6.42 Å². The smallest absolute Gasteiger partial charge is 0.309 e. The fraction of sp³-hybridized carbons (Fsp3) is 0.909. The van der Waals surface area contributed by atoms with Gasteiger partial charge in [-0.2, -0.15) is 0 Å². The molecule has 82 valence electrons. The van der Waals surface area contributed by atoms with Gasteiger partial charge in [0.05, 0.1) is 11.5 Å². The molecular formula is C11H20O3. The molecule has 1 fully saturated rings. The molecule has 3 nitrogen and oxygen atoms in total. The zero-order valence-corrected chi connectivity index (χ0v) is 9.16. The predicted molar refractivity (Wildman–Crippen MR) is 53.9 cm³/mol. The molecule has 1 saturated carbocycles. The van der Waals surface area contributed by atoms with Crippen molar-refractivity contribution in [3.05, 3.63) is 0 Å². The summed E-state index contributed by atoms with van der Waals surface area (Å²) >= 11 is 0. The fourth-order valence-corrected chi connectivity index (χ4v) is 2.73. The molecule has 3 heteroatoms. The SMILES string of the molecule is CC(C)C(C(=O)O)C1(O)CCCC1C. The first-order valence-corrected chi connectivity index (χ1v) is 5.34. The summed E-state index contributed by atoms with van der Waals surface area (Å²) in [5.41, 5.74) is -0.986. The number of carbonyl (C=O) groups is 1. The quantitative estimate of drug-likeness (QED) is 0.731. The van der Waals surface area contributed by atoms with Gasteiger partial charge in [-0.25, -0.2) is 0 Å². The molecule has 1 rings (SSSR count). The average Bonchev–Trinajstić information content (AvgIpc) is 2.30. The zero-order valence-electron chi connectivity index (χ0n) is 9.16. The van der Waals surface area contributed by atoms with Crippen molar-refractivity contribution in [2.45, 2.75) is 45.6 Å². The predicted octanol–water partition coefficient (Wildman–Crippen LogP) is 1.89. The Morgan fingerprint density at radius 2 is 2.07 bits per heavy atom. The number of hydrogen-bond donors (Lipinski definition) is 2. The van der Waals surface area contributed by atoms with E-state index in [1.54, 1.807) is 0 Å². The van der Waals surface area contributed by atoms with E-state index in [4.69, 9.17) is 5.11 Å². The number of aliphatic carboxylic acids is 1. The third-order valence-corrected chi connectivity index (χ3v) is 3.54. The minimum atomic E-state index is -0.986. The van der Waals surface area contributed by atoms with Gasteiger partial charge in [0, 0.05) is 0 Å². The van der Waals surface area contributed by atoms with Gasteiger partial charge in [-0.15, -0.1) is 0 Å². The first-order chi connectivity index (χ1) is 6.39. The summed E-state index contributed by atoms with van der Waals surface area (Å²) in [6.07, 6.45) is 2.50.